The Hall–Kier alpha value is -2.14. The number of alkyl halides is 3. The van der Waals surface area contributed by atoms with Crippen LogP contribution in [0.4, 0.5) is 13.2 Å². The molecule has 1 aromatic rings. The fourth-order valence-corrected chi connectivity index (χ4v) is 4.05. The molecule has 1 heterocycles. The number of sulfonamides is 1. The van der Waals surface area contributed by atoms with Gasteiger partial charge in [-0.3, -0.25) is 4.79 Å². The second kappa shape index (κ2) is 7.47. The molecule has 150 valence electrons. The van der Waals surface area contributed by atoms with E-state index in [9.17, 15) is 31.2 Å². The first kappa shape index (κ1) is 21.2. The minimum atomic E-state index is -5.45. The number of amides is 1. The first-order valence-corrected chi connectivity index (χ1v) is 9.59. The van der Waals surface area contributed by atoms with E-state index in [2.05, 4.69) is 4.74 Å². The fourth-order valence-electron chi connectivity index (χ4n) is 2.74. The first-order valence-electron chi connectivity index (χ1n) is 8.11. The molecule has 0 saturated carbocycles. The molecule has 1 aromatic carbocycles. The van der Waals surface area contributed by atoms with Crippen molar-refractivity contribution in [3.63, 3.8) is 0 Å². The van der Waals surface area contributed by atoms with Gasteiger partial charge in [-0.2, -0.15) is 17.9 Å². The summed E-state index contributed by atoms with van der Waals surface area (Å²) in [6.45, 7) is 2.09. The van der Waals surface area contributed by atoms with Crippen molar-refractivity contribution in [2.75, 3.05) is 13.2 Å². The highest BCUT2D eigenvalue weighted by Crippen LogP contribution is 2.38. The Morgan fingerprint density at radius 2 is 1.85 bits per heavy atom. The number of aryl methyl sites for hydroxylation is 1. The van der Waals surface area contributed by atoms with Gasteiger partial charge in [-0.05, 0) is 32.4 Å². The summed E-state index contributed by atoms with van der Waals surface area (Å²) >= 11 is 0. The van der Waals surface area contributed by atoms with Gasteiger partial charge in [0.2, 0.25) is 15.9 Å². The second-order valence-electron chi connectivity index (χ2n) is 6.00. The molecule has 11 heteroatoms. The number of nitrogens with zero attached hydrogens (tertiary/aromatic N) is 1. The van der Waals surface area contributed by atoms with Gasteiger partial charge < -0.3 is 9.64 Å². The van der Waals surface area contributed by atoms with Gasteiger partial charge in [0.1, 0.15) is 0 Å². The van der Waals surface area contributed by atoms with Crippen LogP contribution >= 0.6 is 0 Å². The van der Waals surface area contributed by atoms with Gasteiger partial charge in [-0.1, -0.05) is 17.7 Å². The molecule has 0 bridgehead atoms. The van der Waals surface area contributed by atoms with Gasteiger partial charge in [0, 0.05) is 13.0 Å². The third-order valence-corrected chi connectivity index (χ3v) is 5.53. The van der Waals surface area contributed by atoms with Crippen LogP contribution in [0.25, 0.3) is 0 Å². The van der Waals surface area contributed by atoms with Crippen molar-refractivity contribution in [1.29, 1.82) is 0 Å². The normalized spacial score (nSPS) is 17.7. The standard InChI is InChI=1S/C16H19F3N2O5S/c1-3-26-14(23)15(16(17,18)19,21-10-4-5-13(21)22)20-27(24,25)12-8-6-11(2)7-9-12/h6-9,20H,3-5,10H2,1-2H3. The predicted molar refractivity (Wildman–Crippen MR) is 87.9 cm³/mol. The summed E-state index contributed by atoms with van der Waals surface area (Å²) in [4.78, 5) is 24.1. The van der Waals surface area contributed by atoms with Crippen LogP contribution in [0, 0.1) is 6.92 Å². The summed E-state index contributed by atoms with van der Waals surface area (Å²) in [5, 5.41) is 0. The second-order valence-corrected chi connectivity index (χ2v) is 7.68. The minimum Gasteiger partial charge on any atom is -0.463 e. The molecule has 0 spiro atoms. The number of hydrogen-bond donors (Lipinski definition) is 1. The summed E-state index contributed by atoms with van der Waals surface area (Å²) in [7, 11) is -4.81. The number of halogens is 3. The van der Waals surface area contributed by atoms with Crippen LogP contribution in [0.3, 0.4) is 0 Å². The van der Waals surface area contributed by atoms with Crippen LogP contribution in [0.15, 0.2) is 29.2 Å². The number of carbonyl (C=O) groups excluding carboxylic acids is 2. The topological polar surface area (TPSA) is 92.8 Å². The van der Waals surface area contributed by atoms with Gasteiger partial charge in [-0.25, -0.2) is 13.2 Å². The van der Waals surface area contributed by atoms with E-state index in [1.165, 1.54) is 23.8 Å². The summed E-state index contributed by atoms with van der Waals surface area (Å²) in [6.07, 6.45) is -5.62. The lowest BCUT2D eigenvalue weighted by atomic mass is 10.1. The van der Waals surface area contributed by atoms with Crippen LogP contribution in [0.2, 0.25) is 0 Å². The molecule has 27 heavy (non-hydrogen) atoms. The molecular formula is C16H19F3N2O5S. The van der Waals surface area contributed by atoms with Crippen molar-refractivity contribution in [1.82, 2.24) is 9.62 Å². The van der Waals surface area contributed by atoms with Crippen LogP contribution in [-0.4, -0.2) is 50.2 Å². The zero-order chi connectivity index (χ0) is 20.5. The van der Waals surface area contributed by atoms with Gasteiger partial charge >= 0.3 is 17.8 Å². The van der Waals surface area contributed by atoms with Crippen molar-refractivity contribution in [3.8, 4) is 0 Å². The lowest BCUT2D eigenvalue weighted by molar-refractivity contribution is -0.241. The van der Waals surface area contributed by atoms with E-state index in [1.807, 2.05) is 0 Å². The number of likely N-dealkylation sites (tertiary alicyclic amines) is 1. The summed E-state index contributed by atoms with van der Waals surface area (Å²) in [5.41, 5.74) is -3.14. The van der Waals surface area contributed by atoms with Crippen molar-refractivity contribution in [2.24, 2.45) is 0 Å². The van der Waals surface area contributed by atoms with E-state index in [0.29, 0.717) is 5.56 Å². The van der Waals surface area contributed by atoms with Gasteiger partial charge in [-0.15, -0.1) is 0 Å². The highest BCUT2D eigenvalue weighted by molar-refractivity contribution is 7.89. The maximum absolute atomic E-state index is 14.1. The molecule has 1 amide bonds. The summed E-state index contributed by atoms with van der Waals surface area (Å²) in [5.74, 6) is -2.89. The van der Waals surface area contributed by atoms with Gasteiger partial charge in [0.15, 0.2) is 0 Å². The lowest BCUT2D eigenvalue weighted by Crippen LogP contribution is -2.73. The predicted octanol–water partition coefficient (Wildman–Crippen LogP) is 1.72. The highest BCUT2D eigenvalue weighted by Gasteiger charge is 2.69. The number of rotatable bonds is 6. The molecule has 1 aliphatic heterocycles. The number of hydrogen-bond acceptors (Lipinski definition) is 5. The third-order valence-electron chi connectivity index (χ3n) is 4.07. The number of nitrogens with one attached hydrogen (secondary N) is 1. The largest absolute Gasteiger partial charge is 0.463 e. The molecule has 1 saturated heterocycles. The van der Waals surface area contributed by atoms with E-state index in [-0.39, 0.29) is 17.7 Å². The lowest BCUT2D eigenvalue weighted by Gasteiger charge is -2.40. The molecule has 0 aromatic heterocycles. The average molecular weight is 408 g/mol. The average Bonchev–Trinajstić information content (AvgIpc) is 2.98. The smallest absolute Gasteiger partial charge is 0.437 e. The first-order chi connectivity index (χ1) is 12.5. The number of carbonyl (C=O) groups is 2. The van der Waals surface area contributed by atoms with Crippen molar-refractivity contribution < 1.29 is 35.9 Å². The van der Waals surface area contributed by atoms with E-state index >= 15 is 0 Å². The number of benzene rings is 1. The molecule has 2 rings (SSSR count). The molecular weight excluding hydrogens is 389 g/mol. The Bertz CT molecular complexity index is 823. The van der Waals surface area contributed by atoms with E-state index in [4.69, 9.17) is 0 Å². The van der Waals surface area contributed by atoms with Gasteiger partial charge in [0.05, 0.1) is 11.5 Å². The highest BCUT2D eigenvalue weighted by atomic mass is 32.2. The quantitative estimate of drug-likeness (QED) is 0.724. The fraction of sp³-hybridized carbons (Fsp3) is 0.500. The molecule has 1 N–H and O–H groups in total. The van der Waals surface area contributed by atoms with E-state index in [1.54, 1.807) is 6.92 Å². The maximum Gasteiger partial charge on any atom is 0.437 e. The minimum absolute atomic E-state index is 0.0579. The molecule has 0 radical (unpaired) electrons. The Labute approximate surface area is 154 Å². The van der Waals surface area contributed by atoms with Crippen molar-refractivity contribution in [2.45, 2.75) is 43.4 Å². The Morgan fingerprint density at radius 1 is 1.26 bits per heavy atom. The molecule has 7 nitrogen and oxygen atoms in total. The van der Waals surface area contributed by atoms with Crippen LogP contribution < -0.4 is 4.72 Å². The maximum atomic E-state index is 14.1. The van der Waals surface area contributed by atoms with Crippen molar-refractivity contribution in [3.05, 3.63) is 29.8 Å². The zero-order valence-corrected chi connectivity index (χ0v) is 15.5. The Morgan fingerprint density at radius 3 is 2.30 bits per heavy atom. The zero-order valence-electron chi connectivity index (χ0n) is 14.7. The monoisotopic (exact) mass is 408 g/mol. The summed E-state index contributed by atoms with van der Waals surface area (Å²) in [6, 6.07) is 5.01. The number of ether oxygens (including phenoxy) is 1. The Balaban J connectivity index is 2.62. The van der Waals surface area contributed by atoms with E-state index < -0.39 is 51.8 Å². The van der Waals surface area contributed by atoms with E-state index in [0.717, 1.165) is 12.1 Å². The summed E-state index contributed by atoms with van der Waals surface area (Å²) < 4.78 is 73.4. The van der Waals surface area contributed by atoms with Crippen molar-refractivity contribution >= 4 is 21.9 Å². The van der Waals surface area contributed by atoms with Crippen LogP contribution in [-0.2, 0) is 24.3 Å². The molecule has 1 atom stereocenters. The van der Waals surface area contributed by atoms with Gasteiger partial charge in [0.25, 0.3) is 0 Å². The SMILES string of the molecule is CCOC(=O)C(NS(=O)(=O)c1ccc(C)cc1)(N1CCCC1=O)C(F)(F)F. The molecule has 0 aliphatic carbocycles. The molecule has 1 fully saturated rings. The van der Waals surface area contributed by atoms with Crippen LogP contribution in [0.1, 0.15) is 25.3 Å². The molecule has 1 unspecified atom stereocenters. The number of esters is 1. The Kier molecular flexibility index (Phi) is 5.85. The molecule has 1 aliphatic rings. The third kappa shape index (κ3) is 3.93. The van der Waals surface area contributed by atoms with Crippen LogP contribution in [0.5, 0.6) is 0 Å².